The van der Waals surface area contributed by atoms with Gasteiger partial charge in [0.1, 0.15) is 11.9 Å². The minimum atomic E-state index is -0.750. The Balaban J connectivity index is 0.00000117. The van der Waals surface area contributed by atoms with Crippen molar-refractivity contribution in [2.75, 3.05) is 14.2 Å². The molecule has 0 aliphatic carbocycles. The van der Waals surface area contributed by atoms with Gasteiger partial charge in [-0.3, -0.25) is 24.3 Å². The third kappa shape index (κ3) is 3.40. The summed E-state index contributed by atoms with van der Waals surface area (Å²) in [5.41, 5.74) is 0.103. The fourth-order valence-electron chi connectivity index (χ4n) is 2.93. The molecule has 1 aliphatic rings. The van der Waals surface area contributed by atoms with Crippen LogP contribution in [0.4, 0.5) is 0 Å². The number of piperidine rings is 1. The van der Waals surface area contributed by atoms with Gasteiger partial charge in [-0.2, -0.15) is 0 Å². The summed E-state index contributed by atoms with van der Waals surface area (Å²) in [6, 6.07) is 2.42. The van der Waals surface area contributed by atoms with Crippen molar-refractivity contribution in [3.05, 3.63) is 28.3 Å². The molecule has 2 amide bonds. The number of hydrogen-bond donors (Lipinski definition) is 1. The maximum absolute atomic E-state index is 12.9. The highest BCUT2D eigenvalue weighted by molar-refractivity contribution is 5.99. The van der Waals surface area contributed by atoms with E-state index in [4.69, 9.17) is 9.47 Å². The minimum Gasteiger partial charge on any atom is -0.493 e. The van der Waals surface area contributed by atoms with Gasteiger partial charge in [-0.1, -0.05) is 13.8 Å². The Morgan fingerprint density at radius 3 is 2.31 bits per heavy atom. The van der Waals surface area contributed by atoms with Crippen molar-refractivity contribution in [2.24, 2.45) is 0 Å². The van der Waals surface area contributed by atoms with Gasteiger partial charge < -0.3 is 9.47 Å². The predicted octanol–water partition coefficient (Wildman–Crippen LogP) is 1.73. The average Bonchev–Trinajstić information content (AvgIpc) is 2.64. The summed E-state index contributed by atoms with van der Waals surface area (Å²) in [4.78, 5) is 40.7. The van der Waals surface area contributed by atoms with E-state index in [1.807, 2.05) is 13.8 Å². The predicted molar refractivity (Wildman–Crippen MR) is 96.6 cm³/mol. The lowest BCUT2D eigenvalue weighted by Crippen LogP contribution is -2.45. The number of aromatic nitrogens is 2. The summed E-state index contributed by atoms with van der Waals surface area (Å²) in [5.74, 6) is 0.451. The van der Waals surface area contributed by atoms with Gasteiger partial charge in [-0.15, -0.1) is 0 Å². The molecule has 1 aromatic heterocycles. The molecule has 8 nitrogen and oxygen atoms in total. The van der Waals surface area contributed by atoms with Crippen LogP contribution in [0.1, 0.15) is 38.6 Å². The molecule has 1 fully saturated rings. The van der Waals surface area contributed by atoms with Gasteiger partial charge in [0.25, 0.3) is 5.56 Å². The molecule has 0 bridgehead atoms. The Kier molecular flexibility index (Phi) is 5.97. The Hall–Kier alpha value is -2.90. The van der Waals surface area contributed by atoms with Crippen molar-refractivity contribution in [2.45, 2.75) is 39.7 Å². The molecule has 1 atom stereocenters. The van der Waals surface area contributed by atoms with Crippen LogP contribution in [-0.2, 0) is 9.59 Å². The molecule has 3 rings (SSSR count). The van der Waals surface area contributed by atoms with Gasteiger partial charge in [0, 0.05) is 12.5 Å². The van der Waals surface area contributed by atoms with E-state index in [9.17, 15) is 14.4 Å². The number of aryl methyl sites for hydroxylation is 1. The average molecular weight is 361 g/mol. The largest absolute Gasteiger partial charge is 0.493 e. The van der Waals surface area contributed by atoms with Crippen molar-refractivity contribution >= 4 is 22.7 Å². The summed E-state index contributed by atoms with van der Waals surface area (Å²) in [6.07, 6.45) is 0.456. The van der Waals surface area contributed by atoms with Gasteiger partial charge in [0.15, 0.2) is 11.5 Å². The van der Waals surface area contributed by atoms with Crippen molar-refractivity contribution in [1.82, 2.24) is 14.9 Å². The Labute approximate surface area is 151 Å². The molecule has 0 spiro atoms. The monoisotopic (exact) mass is 361 g/mol. The molecule has 2 aromatic rings. The maximum Gasteiger partial charge on any atom is 0.262 e. The second kappa shape index (κ2) is 7.99. The van der Waals surface area contributed by atoms with Crippen LogP contribution in [0.3, 0.4) is 0 Å². The van der Waals surface area contributed by atoms with Crippen LogP contribution in [-0.4, -0.2) is 35.6 Å². The van der Waals surface area contributed by atoms with Crippen molar-refractivity contribution in [3.63, 3.8) is 0 Å². The number of carbonyl (C=O) groups is 2. The zero-order valence-corrected chi connectivity index (χ0v) is 15.6. The van der Waals surface area contributed by atoms with E-state index in [0.717, 1.165) is 0 Å². The van der Waals surface area contributed by atoms with Crippen molar-refractivity contribution < 1.29 is 19.1 Å². The number of carbonyl (C=O) groups excluding carboxylic acids is 2. The van der Waals surface area contributed by atoms with E-state index in [1.165, 1.54) is 18.8 Å². The van der Waals surface area contributed by atoms with Gasteiger partial charge >= 0.3 is 0 Å². The van der Waals surface area contributed by atoms with Crippen LogP contribution in [0.25, 0.3) is 10.9 Å². The lowest BCUT2D eigenvalue weighted by atomic mass is 10.1. The Bertz CT molecular complexity index is 904. The highest BCUT2D eigenvalue weighted by Gasteiger charge is 2.30. The van der Waals surface area contributed by atoms with E-state index < -0.39 is 11.9 Å². The first kappa shape index (κ1) is 19.4. The number of ether oxygens (including phenoxy) is 2. The van der Waals surface area contributed by atoms with Crippen LogP contribution in [0.15, 0.2) is 16.9 Å². The third-order valence-electron chi connectivity index (χ3n) is 4.10. The molecule has 1 N–H and O–H groups in total. The number of fused-ring (bicyclic) bond motifs is 1. The zero-order chi connectivity index (χ0) is 19.4. The van der Waals surface area contributed by atoms with Crippen LogP contribution >= 0.6 is 0 Å². The number of imide groups is 1. The minimum absolute atomic E-state index is 0.187. The highest BCUT2D eigenvalue weighted by atomic mass is 16.5. The van der Waals surface area contributed by atoms with E-state index >= 15 is 0 Å². The van der Waals surface area contributed by atoms with Crippen LogP contribution in [0.2, 0.25) is 0 Å². The second-order valence-electron chi connectivity index (χ2n) is 5.53. The van der Waals surface area contributed by atoms with Gasteiger partial charge in [0.05, 0.1) is 25.1 Å². The molecule has 1 saturated heterocycles. The lowest BCUT2D eigenvalue weighted by molar-refractivity contribution is -0.135. The number of methoxy groups -OCH3 is 2. The SMILES string of the molecule is CC.COc1cc2nc(C)n([C@H]3CCC(=O)NC3=O)c(=O)c2cc1OC. The lowest BCUT2D eigenvalue weighted by Gasteiger charge is -2.24. The highest BCUT2D eigenvalue weighted by Crippen LogP contribution is 2.30. The van der Waals surface area contributed by atoms with Crippen LogP contribution in [0, 0.1) is 6.92 Å². The van der Waals surface area contributed by atoms with E-state index in [1.54, 1.807) is 19.1 Å². The van der Waals surface area contributed by atoms with Gasteiger partial charge in [-0.05, 0) is 19.4 Å². The zero-order valence-electron chi connectivity index (χ0n) is 15.6. The van der Waals surface area contributed by atoms with Gasteiger partial charge in [-0.25, -0.2) is 4.98 Å². The number of benzene rings is 1. The standard InChI is InChI=1S/C16H17N3O5.C2H6/c1-8-17-10-7-13(24-3)12(23-2)6-9(10)16(22)19(8)11-4-5-14(20)18-15(11)21;1-2/h6-7,11H,4-5H2,1-3H3,(H,18,20,21);1-2H3/t11-;/m0./s1. The van der Waals surface area contributed by atoms with Crippen LogP contribution < -0.4 is 20.3 Å². The maximum atomic E-state index is 12.9. The fraction of sp³-hybridized carbons (Fsp3) is 0.444. The summed E-state index contributed by atoms with van der Waals surface area (Å²) < 4.78 is 11.8. The summed E-state index contributed by atoms with van der Waals surface area (Å²) in [7, 11) is 2.98. The first-order valence-electron chi connectivity index (χ1n) is 8.44. The summed E-state index contributed by atoms with van der Waals surface area (Å²) in [5, 5.41) is 2.58. The van der Waals surface area contributed by atoms with Crippen molar-refractivity contribution in [3.8, 4) is 11.5 Å². The molecule has 8 heteroatoms. The topological polar surface area (TPSA) is 99.5 Å². The molecule has 2 heterocycles. The normalized spacial score (nSPS) is 16.6. The molecular weight excluding hydrogens is 338 g/mol. The summed E-state index contributed by atoms with van der Waals surface area (Å²) >= 11 is 0. The molecule has 1 aliphatic heterocycles. The van der Waals surface area contributed by atoms with Crippen LogP contribution in [0.5, 0.6) is 11.5 Å². The second-order valence-corrected chi connectivity index (χ2v) is 5.53. The number of nitrogens with one attached hydrogen (secondary N) is 1. The number of amides is 2. The number of hydrogen-bond acceptors (Lipinski definition) is 6. The Morgan fingerprint density at radius 2 is 1.73 bits per heavy atom. The quantitative estimate of drug-likeness (QED) is 0.836. The third-order valence-corrected chi connectivity index (χ3v) is 4.10. The Morgan fingerprint density at radius 1 is 1.12 bits per heavy atom. The molecule has 1 aromatic carbocycles. The molecule has 0 radical (unpaired) electrons. The number of rotatable bonds is 3. The number of nitrogens with zero attached hydrogens (tertiary/aromatic N) is 2. The molecular formula is C18H23N3O5. The van der Waals surface area contributed by atoms with E-state index in [2.05, 4.69) is 10.3 Å². The smallest absolute Gasteiger partial charge is 0.262 e. The molecule has 0 saturated carbocycles. The molecule has 0 unspecified atom stereocenters. The first-order chi connectivity index (χ1) is 12.5. The molecule has 140 valence electrons. The molecule has 26 heavy (non-hydrogen) atoms. The summed E-state index contributed by atoms with van der Waals surface area (Å²) in [6.45, 7) is 5.65. The van der Waals surface area contributed by atoms with E-state index in [-0.39, 0.29) is 24.3 Å². The fourth-order valence-corrected chi connectivity index (χ4v) is 2.93. The van der Waals surface area contributed by atoms with Crippen molar-refractivity contribution in [1.29, 1.82) is 0 Å². The van der Waals surface area contributed by atoms with Gasteiger partial charge in [0.2, 0.25) is 11.8 Å². The first-order valence-corrected chi connectivity index (χ1v) is 8.44. The van der Waals surface area contributed by atoms with E-state index in [0.29, 0.717) is 28.2 Å².